The normalized spacial score (nSPS) is 10.2. The molecule has 20 heavy (non-hydrogen) atoms. The SMILES string of the molecule is CCOc1cc(NCCc2cccs2)cc([N+](=O)[O-])c1. The monoisotopic (exact) mass is 292 g/mol. The van der Waals surface area contributed by atoms with Crippen LogP contribution in [-0.2, 0) is 6.42 Å². The highest BCUT2D eigenvalue weighted by Gasteiger charge is 2.10. The first-order valence-corrected chi connectivity index (χ1v) is 7.25. The van der Waals surface area contributed by atoms with E-state index in [0.29, 0.717) is 18.0 Å². The van der Waals surface area contributed by atoms with Gasteiger partial charge in [-0.1, -0.05) is 6.07 Å². The molecule has 0 radical (unpaired) electrons. The highest BCUT2D eigenvalue weighted by Crippen LogP contribution is 2.26. The molecule has 1 aromatic carbocycles. The fraction of sp³-hybridized carbons (Fsp3) is 0.286. The van der Waals surface area contributed by atoms with E-state index in [9.17, 15) is 10.1 Å². The first kappa shape index (κ1) is 14.3. The second kappa shape index (κ2) is 6.91. The maximum Gasteiger partial charge on any atom is 0.275 e. The van der Waals surface area contributed by atoms with Crippen molar-refractivity contribution < 1.29 is 9.66 Å². The second-order valence-electron chi connectivity index (χ2n) is 4.16. The lowest BCUT2D eigenvalue weighted by Crippen LogP contribution is -2.05. The van der Waals surface area contributed by atoms with E-state index in [4.69, 9.17) is 4.74 Å². The molecule has 0 spiro atoms. The average Bonchev–Trinajstić information content (AvgIpc) is 2.92. The molecule has 0 amide bonds. The van der Waals surface area contributed by atoms with E-state index < -0.39 is 4.92 Å². The predicted molar refractivity (Wildman–Crippen MR) is 80.8 cm³/mol. The van der Waals surface area contributed by atoms with Gasteiger partial charge in [0.05, 0.1) is 17.6 Å². The Morgan fingerprint density at radius 3 is 2.90 bits per heavy atom. The third-order valence-electron chi connectivity index (χ3n) is 2.69. The lowest BCUT2D eigenvalue weighted by atomic mass is 10.2. The Labute approximate surface area is 121 Å². The summed E-state index contributed by atoms with van der Waals surface area (Å²) in [5.41, 5.74) is 0.744. The van der Waals surface area contributed by atoms with Gasteiger partial charge in [-0.2, -0.15) is 0 Å². The summed E-state index contributed by atoms with van der Waals surface area (Å²) in [5, 5.41) is 16.1. The molecule has 6 heteroatoms. The van der Waals surface area contributed by atoms with Crippen molar-refractivity contribution >= 4 is 22.7 Å². The summed E-state index contributed by atoms with van der Waals surface area (Å²) in [6.45, 7) is 3.06. The van der Waals surface area contributed by atoms with Gasteiger partial charge in [-0.05, 0) is 24.8 Å². The number of rotatable bonds is 7. The first-order valence-electron chi connectivity index (χ1n) is 6.37. The van der Waals surface area contributed by atoms with Crippen molar-refractivity contribution in [1.29, 1.82) is 0 Å². The molecule has 2 rings (SSSR count). The average molecular weight is 292 g/mol. The van der Waals surface area contributed by atoms with Gasteiger partial charge in [0, 0.05) is 29.2 Å². The standard InChI is InChI=1S/C14H16N2O3S/c1-2-19-13-9-11(8-12(10-13)16(17)18)15-6-5-14-4-3-7-20-14/h3-4,7-10,15H,2,5-6H2,1H3. The summed E-state index contributed by atoms with van der Waals surface area (Å²) in [4.78, 5) is 11.8. The number of hydrogen-bond donors (Lipinski definition) is 1. The number of anilines is 1. The molecule has 2 aromatic rings. The van der Waals surface area contributed by atoms with Gasteiger partial charge in [-0.3, -0.25) is 10.1 Å². The van der Waals surface area contributed by atoms with Gasteiger partial charge in [-0.25, -0.2) is 0 Å². The number of thiophene rings is 1. The molecule has 0 atom stereocenters. The zero-order chi connectivity index (χ0) is 14.4. The van der Waals surface area contributed by atoms with Crippen molar-refractivity contribution in [1.82, 2.24) is 0 Å². The van der Waals surface area contributed by atoms with Gasteiger partial charge in [0.1, 0.15) is 5.75 Å². The Bertz CT molecular complexity index is 570. The highest BCUT2D eigenvalue weighted by molar-refractivity contribution is 7.09. The zero-order valence-corrected chi connectivity index (χ0v) is 12.0. The van der Waals surface area contributed by atoms with Crippen molar-refractivity contribution in [2.75, 3.05) is 18.5 Å². The zero-order valence-electron chi connectivity index (χ0n) is 11.2. The summed E-state index contributed by atoms with van der Waals surface area (Å²) in [6, 6.07) is 8.84. The van der Waals surface area contributed by atoms with E-state index >= 15 is 0 Å². The highest BCUT2D eigenvalue weighted by atomic mass is 32.1. The largest absolute Gasteiger partial charge is 0.494 e. The fourth-order valence-corrected chi connectivity index (χ4v) is 2.53. The van der Waals surface area contributed by atoms with Crippen LogP contribution in [0.3, 0.4) is 0 Å². The quantitative estimate of drug-likeness (QED) is 0.624. The topological polar surface area (TPSA) is 64.4 Å². The number of hydrogen-bond acceptors (Lipinski definition) is 5. The third kappa shape index (κ3) is 3.96. The molecule has 0 aliphatic heterocycles. The Morgan fingerprint density at radius 2 is 2.25 bits per heavy atom. The first-order chi connectivity index (χ1) is 9.69. The van der Waals surface area contributed by atoms with Crippen molar-refractivity contribution in [3.8, 4) is 5.75 Å². The third-order valence-corrected chi connectivity index (χ3v) is 3.63. The summed E-state index contributed by atoms with van der Waals surface area (Å²) < 4.78 is 5.35. The van der Waals surface area contributed by atoms with E-state index in [1.807, 2.05) is 18.4 Å². The summed E-state index contributed by atoms with van der Waals surface area (Å²) in [6.07, 6.45) is 0.893. The van der Waals surface area contributed by atoms with Crippen molar-refractivity contribution in [3.63, 3.8) is 0 Å². The second-order valence-corrected chi connectivity index (χ2v) is 5.19. The minimum absolute atomic E-state index is 0.0366. The van der Waals surface area contributed by atoms with Crippen LogP contribution in [0, 0.1) is 10.1 Å². The minimum Gasteiger partial charge on any atom is -0.494 e. The molecule has 0 saturated carbocycles. The number of nitrogens with zero attached hydrogens (tertiary/aromatic N) is 1. The predicted octanol–water partition coefficient (Wildman–Crippen LogP) is 3.71. The molecule has 0 unspecified atom stereocenters. The van der Waals surface area contributed by atoms with Crippen LogP contribution in [0.25, 0.3) is 0 Å². The number of nitro groups is 1. The minimum atomic E-state index is -0.410. The number of nitrogens with one attached hydrogen (secondary N) is 1. The summed E-state index contributed by atoms with van der Waals surface area (Å²) in [7, 11) is 0. The van der Waals surface area contributed by atoms with Crippen molar-refractivity contribution in [3.05, 3.63) is 50.7 Å². The molecule has 0 aliphatic rings. The fourth-order valence-electron chi connectivity index (χ4n) is 1.83. The van der Waals surface area contributed by atoms with Crippen LogP contribution in [-0.4, -0.2) is 18.1 Å². The smallest absolute Gasteiger partial charge is 0.275 e. The van der Waals surface area contributed by atoms with E-state index in [-0.39, 0.29) is 5.69 Å². The molecular weight excluding hydrogens is 276 g/mol. The number of nitro benzene ring substituents is 1. The van der Waals surface area contributed by atoms with Crippen LogP contribution in [0.4, 0.5) is 11.4 Å². The number of non-ortho nitro benzene ring substituents is 1. The number of ether oxygens (including phenoxy) is 1. The Morgan fingerprint density at radius 1 is 1.40 bits per heavy atom. The van der Waals surface area contributed by atoms with Crippen LogP contribution in [0.5, 0.6) is 5.75 Å². The van der Waals surface area contributed by atoms with E-state index in [1.165, 1.54) is 17.0 Å². The van der Waals surface area contributed by atoms with Crippen LogP contribution >= 0.6 is 11.3 Å². The molecule has 106 valence electrons. The summed E-state index contributed by atoms with van der Waals surface area (Å²) in [5.74, 6) is 0.514. The molecule has 0 saturated heterocycles. The number of benzene rings is 1. The van der Waals surface area contributed by atoms with Gasteiger partial charge in [0.2, 0.25) is 0 Å². The van der Waals surface area contributed by atoms with Crippen molar-refractivity contribution in [2.45, 2.75) is 13.3 Å². The molecule has 0 aliphatic carbocycles. The lowest BCUT2D eigenvalue weighted by molar-refractivity contribution is -0.384. The maximum absolute atomic E-state index is 10.9. The summed E-state index contributed by atoms with van der Waals surface area (Å²) >= 11 is 1.70. The van der Waals surface area contributed by atoms with Crippen LogP contribution < -0.4 is 10.1 Å². The van der Waals surface area contributed by atoms with Gasteiger partial charge in [0.25, 0.3) is 5.69 Å². The van der Waals surface area contributed by atoms with Gasteiger partial charge in [0.15, 0.2) is 0 Å². The van der Waals surface area contributed by atoms with Gasteiger partial charge in [-0.15, -0.1) is 11.3 Å². The maximum atomic E-state index is 10.9. The van der Waals surface area contributed by atoms with Gasteiger partial charge >= 0.3 is 0 Å². The van der Waals surface area contributed by atoms with Crippen LogP contribution in [0.2, 0.25) is 0 Å². The molecule has 0 fully saturated rings. The van der Waals surface area contributed by atoms with E-state index in [1.54, 1.807) is 17.4 Å². The lowest BCUT2D eigenvalue weighted by Gasteiger charge is -2.08. The van der Waals surface area contributed by atoms with E-state index in [2.05, 4.69) is 11.4 Å². The van der Waals surface area contributed by atoms with Gasteiger partial charge < -0.3 is 10.1 Å². The van der Waals surface area contributed by atoms with Crippen molar-refractivity contribution in [2.24, 2.45) is 0 Å². The Balaban J connectivity index is 2.03. The molecule has 1 N–H and O–H groups in total. The van der Waals surface area contributed by atoms with E-state index in [0.717, 1.165) is 13.0 Å². The van der Waals surface area contributed by atoms with Crippen LogP contribution in [0.15, 0.2) is 35.7 Å². The Kier molecular flexibility index (Phi) is 4.95. The Hall–Kier alpha value is -2.08. The molecule has 1 aromatic heterocycles. The molecule has 1 heterocycles. The van der Waals surface area contributed by atoms with Crippen LogP contribution in [0.1, 0.15) is 11.8 Å². The molecule has 5 nitrogen and oxygen atoms in total. The molecular formula is C14H16N2O3S. The molecule has 0 bridgehead atoms.